The van der Waals surface area contributed by atoms with Gasteiger partial charge < -0.3 is 15.8 Å². The molecule has 0 aromatic carbocycles. The summed E-state index contributed by atoms with van der Waals surface area (Å²) < 4.78 is 5.85. The molecule has 3 N–H and O–H groups in total. The van der Waals surface area contributed by atoms with E-state index in [-0.39, 0.29) is 12.0 Å². The van der Waals surface area contributed by atoms with Crippen molar-refractivity contribution in [3.8, 4) is 0 Å². The third-order valence-corrected chi connectivity index (χ3v) is 4.85. The first-order valence-electron chi connectivity index (χ1n) is 7.78. The minimum Gasteiger partial charge on any atom is -0.378 e. The van der Waals surface area contributed by atoms with Crippen LogP contribution in [-0.4, -0.2) is 30.1 Å². The van der Waals surface area contributed by atoms with Crippen molar-refractivity contribution >= 4 is 17.2 Å². The van der Waals surface area contributed by atoms with E-state index in [0.717, 1.165) is 18.0 Å². The lowest BCUT2D eigenvalue weighted by atomic mass is 9.98. The minimum atomic E-state index is -0.118. The summed E-state index contributed by atoms with van der Waals surface area (Å²) in [7, 11) is 0. The number of amides is 1. The number of thiazole rings is 1. The van der Waals surface area contributed by atoms with Crippen molar-refractivity contribution in [1.29, 1.82) is 0 Å². The van der Waals surface area contributed by atoms with Crippen LogP contribution in [0.5, 0.6) is 0 Å². The Morgan fingerprint density at radius 1 is 1.57 bits per heavy atom. The van der Waals surface area contributed by atoms with Gasteiger partial charge in [0.2, 0.25) is 0 Å². The van der Waals surface area contributed by atoms with E-state index in [4.69, 9.17) is 10.5 Å². The normalized spacial score (nSPS) is 17.0. The first-order valence-corrected chi connectivity index (χ1v) is 8.66. The molecule has 21 heavy (non-hydrogen) atoms. The highest BCUT2D eigenvalue weighted by molar-refractivity contribution is 7.09. The smallest absolute Gasteiger partial charge is 0.270 e. The molecular weight excluding hydrogens is 286 g/mol. The molecule has 6 heteroatoms. The first-order chi connectivity index (χ1) is 10.2. The van der Waals surface area contributed by atoms with E-state index in [1.807, 2.05) is 6.92 Å². The van der Waals surface area contributed by atoms with Crippen LogP contribution < -0.4 is 11.1 Å². The van der Waals surface area contributed by atoms with Crippen LogP contribution in [0.2, 0.25) is 0 Å². The Bertz CT molecular complexity index is 444. The number of hydrogen-bond acceptors (Lipinski definition) is 5. The molecule has 5 nitrogen and oxygen atoms in total. The van der Waals surface area contributed by atoms with Crippen molar-refractivity contribution in [3.05, 3.63) is 16.1 Å². The predicted molar refractivity (Wildman–Crippen MR) is 84.3 cm³/mol. The second kappa shape index (κ2) is 8.46. The van der Waals surface area contributed by atoms with Gasteiger partial charge in [-0.3, -0.25) is 4.79 Å². The van der Waals surface area contributed by atoms with E-state index in [9.17, 15) is 4.79 Å². The average Bonchev–Trinajstić information content (AvgIpc) is 3.17. The molecule has 1 saturated carbocycles. The molecule has 1 aromatic rings. The van der Waals surface area contributed by atoms with E-state index >= 15 is 0 Å². The highest BCUT2D eigenvalue weighted by Crippen LogP contribution is 2.30. The van der Waals surface area contributed by atoms with Crippen LogP contribution in [0.15, 0.2) is 5.38 Å². The Morgan fingerprint density at radius 3 is 2.95 bits per heavy atom. The van der Waals surface area contributed by atoms with Gasteiger partial charge in [0, 0.05) is 25.1 Å². The lowest BCUT2D eigenvalue weighted by Gasteiger charge is -2.23. The van der Waals surface area contributed by atoms with Gasteiger partial charge >= 0.3 is 0 Å². The number of ether oxygens (including phenoxy) is 1. The van der Waals surface area contributed by atoms with Gasteiger partial charge in [-0.15, -0.1) is 11.3 Å². The van der Waals surface area contributed by atoms with E-state index in [1.54, 1.807) is 5.38 Å². The van der Waals surface area contributed by atoms with Gasteiger partial charge in [-0.05, 0) is 32.1 Å². The molecule has 2 rings (SSSR count). The Balaban J connectivity index is 1.77. The van der Waals surface area contributed by atoms with Crippen LogP contribution in [0.25, 0.3) is 0 Å². The van der Waals surface area contributed by atoms with Crippen LogP contribution in [0, 0.1) is 5.92 Å². The SMILES string of the molecule is CCOC(CCNC(=O)c1csc(CN)n1)C1CCCC1. The Morgan fingerprint density at radius 2 is 2.33 bits per heavy atom. The van der Waals surface area contributed by atoms with Crippen molar-refractivity contribution in [3.63, 3.8) is 0 Å². The maximum atomic E-state index is 12.0. The molecule has 1 aliphatic carbocycles. The van der Waals surface area contributed by atoms with E-state index < -0.39 is 0 Å². The van der Waals surface area contributed by atoms with Gasteiger partial charge in [-0.2, -0.15) is 0 Å². The lowest BCUT2D eigenvalue weighted by molar-refractivity contribution is 0.0163. The minimum absolute atomic E-state index is 0.118. The van der Waals surface area contributed by atoms with Crippen LogP contribution in [0.3, 0.4) is 0 Å². The number of carbonyl (C=O) groups excluding carboxylic acids is 1. The monoisotopic (exact) mass is 311 g/mol. The molecule has 0 aliphatic heterocycles. The largest absolute Gasteiger partial charge is 0.378 e. The summed E-state index contributed by atoms with van der Waals surface area (Å²) in [5, 5.41) is 5.48. The summed E-state index contributed by atoms with van der Waals surface area (Å²) in [5.74, 6) is 0.539. The van der Waals surface area contributed by atoms with E-state index in [0.29, 0.717) is 24.7 Å². The molecule has 1 aliphatic rings. The number of aromatic nitrogens is 1. The van der Waals surface area contributed by atoms with Gasteiger partial charge in [0.05, 0.1) is 6.10 Å². The molecule has 1 fully saturated rings. The van der Waals surface area contributed by atoms with Crippen molar-refractivity contribution in [1.82, 2.24) is 10.3 Å². The first kappa shape index (κ1) is 16.4. The molecule has 1 aromatic heterocycles. The molecule has 0 bridgehead atoms. The van der Waals surface area contributed by atoms with Crippen LogP contribution in [-0.2, 0) is 11.3 Å². The molecule has 1 heterocycles. The Labute approximate surface area is 130 Å². The fraction of sp³-hybridized carbons (Fsp3) is 0.733. The number of carbonyl (C=O) groups is 1. The third kappa shape index (κ3) is 4.76. The molecule has 1 unspecified atom stereocenters. The number of rotatable bonds is 8. The number of nitrogens with zero attached hydrogens (tertiary/aromatic N) is 1. The van der Waals surface area contributed by atoms with Crippen molar-refractivity contribution in [2.75, 3.05) is 13.2 Å². The third-order valence-electron chi connectivity index (χ3n) is 3.98. The van der Waals surface area contributed by atoms with E-state index in [2.05, 4.69) is 10.3 Å². The Kier molecular flexibility index (Phi) is 6.60. The molecule has 0 radical (unpaired) electrons. The lowest BCUT2D eigenvalue weighted by Crippen LogP contribution is -2.31. The van der Waals surface area contributed by atoms with Crippen LogP contribution in [0.1, 0.15) is 54.5 Å². The topological polar surface area (TPSA) is 77.2 Å². The zero-order chi connectivity index (χ0) is 15.1. The molecule has 1 atom stereocenters. The van der Waals surface area contributed by atoms with Gasteiger partial charge in [0.15, 0.2) is 0 Å². The van der Waals surface area contributed by atoms with Crippen LogP contribution in [0.4, 0.5) is 0 Å². The molecule has 0 saturated heterocycles. The summed E-state index contributed by atoms with van der Waals surface area (Å²) >= 11 is 1.42. The molecule has 118 valence electrons. The second-order valence-electron chi connectivity index (χ2n) is 5.41. The van der Waals surface area contributed by atoms with Gasteiger partial charge in [0.1, 0.15) is 10.7 Å². The molecule has 0 spiro atoms. The summed E-state index contributed by atoms with van der Waals surface area (Å²) in [6.07, 6.45) is 6.27. The second-order valence-corrected chi connectivity index (χ2v) is 6.36. The maximum absolute atomic E-state index is 12.0. The number of nitrogens with two attached hydrogens (primary N) is 1. The van der Waals surface area contributed by atoms with Crippen molar-refractivity contribution in [2.24, 2.45) is 11.7 Å². The summed E-state index contributed by atoms with van der Waals surface area (Å²) in [6, 6.07) is 0. The fourth-order valence-corrected chi connectivity index (χ4v) is 3.58. The predicted octanol–water partition coefficient (Wildman–Crippen LogP) is 2.32. The molecule has 1 amide bonds. The highest BCUT2D eigenvalue weighted by Gasteiger charge is 2.25. The van der Waals surface area contributed by atoms with Crippen LogP contribution >= 0.6 is 11.3 Å². The number of hydrogen-bond donors (Lipinski definition) is 2. The molecular formula is C15H25N3O2S. The zero-order valence-corrected chi connectivity index (χ0v) is 13.5. The maximum Gasteiger partial charge on any atom is 0.270 e. The van der Waals surface area contributed by atoms with Gasteiger partial charge in [-0.1, -0.05) is 12.8 Å². The zero-order valence-electron chi connectivity index (χ0n) is 12.6. The Hall–Kier alpha value is -0.980. The highest BCUT2D eigenvalue weighted by atomic mass is 32.1. The number of nitrogens with one attached hydrogen (secondary N) is 1. The standard InChI is InChI=1S/C15H25N3O2S/c1-2-20-13(11-5-3-4-6-11)7-8-17-15(19)12-10-21-14(9-16)18-12/h10-11,13H,2-9,16H2,1H3,(H,17,19). The average molecular weight is 311 g/mol. The quantitative estimate of drug-likeness (QED) is 0.772. The van der Waals surface area contributed by atoms with Gasteiger partial charge in [0.25, 0.3) is 5.91 Å². The summed E-state index contributed by atoms with van der Waals surface area (Å²) in [6.45, 7) is 3.78. The van der Waals surface area contributed by atoms with Crippen molar-refractivity contribution in [2.45, 2.75) is 51.7 Å². The summed E-state index contributed by atoms with van der Waals surface area (Å²) in [4.78, 5) is 16.2. The van der Waals surface area contributed by atoms with Crippen molar-refractivity contribution < 1.29 is 9.53 Å². The van der Waals surface area contributed by atoms with E-state index in [1.165, 1.54) is 37.0 Å². The van der Waals surface area contributed by atoms with Gasteiger partial charge in [-0.25, -0.2) is 4.98 Å². The fourth-order valence-electron chi connectivity index (χ4n) is 2.93. The summed E-state index contributed by atoms with van der Waals surface area (Å²) in [5.41, 5.74) is 5.97.